The monoisotopic (exact) mass is 1360 g/mol. The van der Waals surface area contributed by atoms with Crippen LogP contribution >= 0.6 is 0 Å². The summed E-state index contributed by atoms with van der Waals surface area (Å²) >= 11 is 0. The van der Waals surface area contributed by atoms with Crippen molar-refractivity contribution in [1.82, 2.24) is 0 Å². The fraction of sp³-hybridized carbons (Fsp3) is 0.705. The van der Waals surface area contributed by atoms with Gasteiger partial charge in [0, 0.05) is 58.8 Å². The molecule has 26 atom stereocenters. The number of carbonyl (C=O) groups is 6. The second kappa shape index (κ2) is 34.4. The number of rotatable bonds is 25. The zero-order chi connectivity index (χ0) is 69.9. The molecule has 0 bridgehead atoms. The van der Waals surface area contributed by atoms with Crippen molar-refractivity contribution in [3.63, 3.8) is 0 Å². The molecule has 0 aromatic heterocycles. The highest BCUT2D eigenvalue weighted by Crippen LogP contribution is 2.46. The van der Waals surface area contributed by atoms with E-state index in [-0.39, 0.29) is 39.9 Å². The summed E-state index contributed by atoms with van der Waals surface area (Å²) in [5.74, 6) is -13.2. The van der Waals surface area contributed by atoms with Crippen molar-refractivity contribution in [1.29, 1.82) is 0 Å². The van der Waals surface area contributed by atoms with Crippen LogP contribution in [0.3, 0.4) is 0 Å². The zero-order valence-corrected chi connectivity index (χ0v) is 52.9. The first-order valence-electron chi connectivity index (χ1n) is 30.6. The molecule has 0 spiro atoms. The smallest absolute Gasteiger partial charge is 0.337 e. The van der Waals surface area contributed by atoms with E-state index in [1.807, 2.05) is 0 Å². The van der Waals surface area contributed by atoms with Gasteiger partial charge in [0.2, 0.25) is 18.9 Å². The van der Waals surface area contributed by atoms with Gasteiger partial charge in [-0.1, -0.05) is 25.2 Å². The van der Waals surface area contributed by atoms with Crippen LogP contribution in [0.25, 0.3) is 0 Å². The molecule has 0 aromatic carbocycles. The summed E-state index contributed by atoms with van der Waals surface area (Å²) in [4.78, 5) is 82.9. The molecule has 1 saturated carbocycles. The molecule has 34 nitrogen and oxygen atoms in total. The molecule has 34 heteroatoms. The molecule has 1 aliphatic carbocycles. The Morgan fingerprint density at radius 3 is 1.15 bits per heavy atom. The molecule has 4 fully saturated rings. The van der Waals surface area contributed by atoms with Crippen LogP contribution in [-0.4, -0.2) is 280 Å². The largest absolute Gasteiger partial charge is 0.468 e. The molecule has 6 aliphatic heterocycles. The fourth-order valence-electron chi connectivity index (χ4n) is 12.7. The maximum atomic E-state index is 14.6. The Kier molecular flexibility index (Phi) is 27.6. The number of aliphatic hydroxyl groups excluding tert-OH is 13. The van der Waals surface area contributed by atoms with Gasteiger partial charge in [0.25, 0.3) is 0 Å². The standard InChI is InChI=1S/C61H86O34/c1-8-26-29(33(53(78)81-5)21-86-56(26)93-59-50(75)47(72)44(69)37(16-63)90-59)12-40(66)84-19-25(15-62)43-32(20-85-41(67)13-30-27(9-2)57(87-22-34(30)54(79)82-6)94-60-51(76)48(73)45(70)38(17-64)91-60)24(4)11-36(43)89-42(68)14-31-28(10-3)58(88-23-35(31)55(80)83-7)95-61-52(77)49(74)46(71)39(18-65)92-61/h8-10,21-25,29-32,36-39,43-52,56-65,69-77H,11-20H2,1-7H3/b26-8+,27-9+,28-10+/t24-,25+,29-,30-,31-,32+,36-,37+,38+,39+,43-,44+,45+,46+,47-,48-,49-,50+,51+,52+,56-,57-,58-,59-,60-,61-/m0/s1. The molecule has 13 N–H and O–H groups in total. The van der Waals surface area contributed by atoms with Crippen molar-refractivity contribution in [2.45, 2.75) is 170 Å². The molecule has 7 aliphatic rings. The minimum atomic E-state index is -1.89. The number of allylic oxidation sites excluding steroid dienone is 3. The van der Waals surface area contributed by atoms with Gasteiger partial charge in [0.1, 0.15) is 79.4 Å². The SMILES string of the molecule is C/C=C1/[C@H](O[C@@H]2O[C@H](CO)[C@@H](O)[C@H](O)[C@H]2O)OC=C(C(=O)OC)[C@H]1CC(=O)OC[C@@H](CO)[C@H]1[C@H](COC(=O)C[C@@H]2C(C(=O)OC)=CO[C@@H](O[C@@H]3O[C@H](CO)[C@@H](O)[C@H](O)[C@H]3O)/C2=C/C)[C@@H](C)C[C@@H]1OC(=O)C[C@@H]1C(C(=O)OC)=CO[C@@H](O[C@@H]2O[C@H](CO)[C@@H](O)[C@H](O)[C@H]2O)/C1=C/C. The minimum absolute atomic E-state index is 0.000589. The average molecular weight is 1360 g/mol. The summed E-state index contributed by atoms with van der Waals surface area (Å²) in [5.41, 5.74) is -0.359. The number of methoxy groups -OCH3 is 3. The van der Waals surface area contributed by atoms with Gasteiger partial charge < -0.3 is 137 Å². The van der Waals surface area contributed by atoms with Crippen molar-refractivity contribution in [3.05, 3.63) is 70.5 Å². The molecule has 0 unspecified atom stereocenters. The normalized spacial score (nSPS) is 38.8. The number of hydrogen-bond acceptors (Lipinski definition) is 34. The van der Waals surface area contributed by atoms with Crippen molar-refractivity contribution >= 4 is 35.8 Å². The second-order valence-electron chi connectivity index (χ2n) is 23.5. The summed E-state index contributed by atoms with van der Waals surface area (Å²) in [6.07, 6.45) is -26.4. The van der Waals surface area contributed by atoms with E-state index in [1.165, 1.54) is 39.0 Å². The van der Waals surface area contributed by atoms with Gasteiger partial charge >= 0.3 is 35.8 Å². The molecule has 534 valence electrons. The lowest BCUT2D eigenvalue weighted by molar-refractivity contribution is -0.327. The van der Waals surface area contributed by atoms with E-state index in [0.29, 0.717) is 0 Å². The predicted octanol–water partition coefficient (Wildman–Crippen LogP) is -4.59. The maximum absolute atomic E-state index is 14.6. The Morgan fingerprint density at radius 2 is 0.832 bits per heavy atom. The van der Waals surface area contributed by atoms with Crippen LogP contribution in [0.15, 0.2) is 70.5 Å². The highest BCUT2D eigenvalue weighted by atomic mass is 16.8. The van der Waals surface area contributed by atoms with E-state index < -0.39 is 253 Å². The fourth-order valence-corrected chi connectivity index (χ4v) is 12.7. The molecule has 0 radical (unpaired) electrons. The van der Waals surface area contributed by atoms with E-state index in [9.17, 15) is 95.2 Å². The molecular weight excluding hydrogens is 1280 g/mol. The van der Waals surface area contributed by atoms with Crippen LogP contribution in [0.4, 0.5) is 0 Å². The average Bonchev–Trinajstić information content (AvgIpc) is 1.76. The van der Waals surface area contributed by atoms with Gasteiger partial charge in [-0.2, -0.15) is 0 Å². The lowest BCUT2D eigenvalue weighted by Crippen LogP contribution is -2.60. The first-order chi connectivity index (χ1) is 45.3. The summed E-state index contributed by atoms with van der Waals surface area (Å²) in [6.45, 7) is 1.96. The van der Waals surface area contributed by atoms with Crippen LogP contribution in [0.1, 0.15) is 53.4 Å². The van der Waals surface area contributed by atoms with Gasteiger partial charge in [0.05, 0.1) is 109 Å². The number of carbonyl (C=O) groups excluding carboxylic acids is 6. The van der Waals surface area contributed by atoms with Crippen LogP contribution in [0.5, 0.6) is 0 Å². The first kappa shape index (κ1) is 76.3. The maximum Gasteiger partial charge on any atom is 0.337 e. The number of esters is 6. The minimum Gasteiger partial charge on any atom is -0.468 e. The summed E-state index contributed by atoms with van der Waals surface area (Å²) < 4.78 is 84.4. The van der Waals surface area contributed by atoms with Gasteiger partial charge in [-0.15, -0.1) is 0 Å². The van der Waals surface area contributed by atoms with Crippen molar-refractivity contribution in [2.24, 2.45) is 41.4 Å². The van der Waals surface area contributed by atoms with Crippen molar-refractivity contribution in [2.75, 3.05) is 61.0 Å². The van der Waals surface area contributed by atoms with Crippen molar-refractivity contribution in [3.8, 4) is 0 Å². The van der Waals surface area contributed by atoms with Crippen LogP contribution in [-0.2, 0) is 99.8 Å². The van der Waals surface area contributed by atoms with E-state index in [2.05, 4.69) is 0 Å². The zero-order valence-electron chi connectivity index (χ0n) is 52.9. The Hall–Kier alpha value is -6.10. The number of hydrogen-bond donors (Lipinski definition) is 13. The Balaban J connectivity index is 1.14. The predicted molar refractivity (Wildman–Crippen MR) is 308 cm³/mol. The van der Waals surface area contributed by atoms with Crippen molar-refractivity contribution < 1.29 is 166 Å². The highest BCUT2D eigenvalue weighted by molar-refractivity contribution is 5.92. The highest BCUT2D eigenvalue weighted by Gasteiger charge is 2.53. The van der Waals surface area contributed by atoms with Crippen LogP contribution in [0, 0.1) is 41.4 Å². The van der Waals surface area contributed by atoms with E-state index in [0.717, 1.165) is 40.1 Å². The number of ether oxygens (including phenoxy) is 15. The molecule has 0 amide bonds. The Morgan fingerprint density at radius 1 is 0.495 bits per heavy atom. The lowest BCUT2D eigenvalue weighted by Gasteiger charge is -2.42. The summed E-state index contributed by atoms with van der Waals surface area (Å²) in [5, 5.41) is 136. The third-order valence-corrected chi connectivity index (χ3v) is 18.0. The third-order valence-electron chi connectivity index (χ3n) is 18.0. The molecule has 0 aromatic rings. The number of aliphatic hydroxyl groups is 13. The van der Waals surface area contributed by atoms with Gasteiger partial charge in [-0.25, -0.2) is 14.4 Å². The van der Waals surface area contributed by atoms with E-state index in [4.69, 9.17) is 71.1 Å². The van der Waals surface area contributed by atoms with Gasteiger partial charge in [-0.3, -0.25) is 14.4 Å². The lowest BCUT2D eigenvalue weighted by atomic mass is 9.81. The topological polar surface area (TPSA) is 504 Å². The third kappa shape index (κ3) is 17.1. The molecule has 3 saturated heterocycles. The first-order valence-corrected chi connectivity index (χ1v) is 30.6. The summed E-state index contributed by atoms with van der Waals surface area (Å²) in [6, 6.07) is 0. The van der Waals surface area contributed by atoms with Gasteiger partial charge in [0.15, 0.2) is 18.9 Å². The van der Waals surface area contributed by atoms with Gasteiger partial charge in [-0.05, 0) is 33.1 Å². The Bertz CT molecular complexity index is 2850. The van der Waals surface area contributed by atoms with E-state index >= 15 is 0 Å². The van der Waals surface area contributed by atoms with E-state index in [1.54, 1.807) is 6.92 Å². The second-order valence-corrected chi connectivity index (χ2v) is 23.5. The quantitative estimate of drug-likeness (QED) is 0.0232. The Labute approximate surface area is 543 Å². The van der Waals surface area contributed by atoms with Crippen LogP contribution < -0.4 is 0 Å². The van der Waals surface area contributed by atoms with Crippen LogP contribution in [0.2, 0.25) is 0 Å². The molecular formula is C61H86O34. The molecule has 6 heterocycles. The molecule has 7 rings (SSSR count). The summed E-state index contributed by atoms with van der Waals surface area (Å²) in [7, 11) is 3.20. The molecule has 95 heavy (non-hydrogen) atoms.